The molecule has 0 fully saturated rings. The van der Waals surface area contributed by atoms with Gasteiger partial charge in [0, 0.05) is 45.0 Å². The highest BCUT2D eigenvalue weighted by molar-refractivity contribution is 5.96. The fraction of sp³-hybridized carbons (Fsp3) is 0.308. The minimum Gasteiger partial charge on any atom is -0.497 e. The number of aromatic nitrogens is 8. The van der Waals surface area contributed by atoms with Gasteiger partial charge in [0.15, 0.2) is 11.5 Å². The standard InChI is InChI=1S/C26H29N9O3/c1-7-35-20(10-15(2)32-35)19-14-33(3)25(29-19)22-18-13-28-34(4)24(18)31-23(30-22)26(36)27-12-16-8-9-17(37-5)11-21(16)38-6/h8-11,13-14H,7,12H2,1-6H3,(H,27,36). The van der Waals surface area contributed by atoms with Crippen LogP contribution >= 0.6 is 0 Å². The van der Waals surface area contributed by atoms with Gasteiger partial charge in [-0.1, -0.05) is 0 Å². The summed E-state index contributed by atoms with van der Waals surface area (Å²) in [6, 6.07) is 7.42. The van der Waals surface area contributed by atoms with E-state index in [0.717, 1.165) is 29.2 Å². The second-order valence-electron chi connectivity index (χ2n) is 8.81. The second kappa shape index (κ2) is 9.96. The molecule has 0 radical (unpaired) electrons. The van der Waals surface area contributed by atoms with Crippen LogP contribution in [0, 0.1) is 6.92 Å². The van der Waals surface area contributed by atoms with Crippen molar-refractivity contribution in [1.82, 2.24) is 44.4 Å². The molecule has 5 aromatic rings. The first-order valence-electron chi connectivity index (χ1n) is 12.1. The number of aryl methyl sites for hydroxylation is 4. The Bertz CT molecular complexity index is 1650. The van der Waals surface area contributed by atoms with Gasteiger partial charge in [0.1, 0.15) is 22.9 Å². The van der Waals surface area contributed by atoms with E-state index in [1.165, 1.54) is 0 Å². The Kier molecular flexibility index (Phi) is 6.53. The molecule has 12 nitrogen and oxygen atoms in total. The smallest absolute Gasteiger partial charge is 0.289 e. The predicted octanol–water partition coefficient (Wildman–Crippen LogP) is 2.90. The van der Waals surface area contributed by atoms with Crippen molar-refractivity contribution in [1.29, 1.82) is 0 Å². The van der Waals surface area contributed by atoms with E-state index >= 15 is 0 Å². The first kappa shape index (κ1) is 24.9. The minimum absolute atomic E-state index is 0.0163. The number of carbonyl (C=O) groups is 1. The maximum atomic E-state index is 13.2. The average Bonchev–Trinajstić information content (AvgIpc) is 3.62. The quantitative estimate of drug-likeness (QED) is 0.334. The van der Waals surface area contributed by atoms with E-state index in [1.54, 1.807) is 38.2 Å². The van der Waals surface area contributed by atoms with E-state index in [-0.39, 0.29) is 12.4 Å². The van der Waals surface area contributed by atoms with Gasteiger partial charge in [-0.15, -0.1) is 0 Å². The fourth-order valence-electron chi connectivity index (χ4n) is 4.35. The molecule has 0 atom stereocenters. The number of rotatable bonds is 8. The SMILES string of the molecule is CCn1nc(C)cc1-c1cn(C)c(-c2nc(C(=O)NCc3ccc(OC)cc3OC)nc3c2cnn3C)n1. The Morgan fingerprint density at radius 3 is 2.63 bits per heavy atom. The molecule has 0 bridgehead atoms. The van der Waals surface area contributed by atoms with Crippen LogP contribution in [0.4, 0.5) is 0 Å². The minimum atomic E-state index is -0.429. The summed E-state index contributed by atoms with van der Waals surface area (Å²) in [5, 5.41) is 12.5. The normalized spacial score (nSPS) is 11.2. The number of nitrogens with zero attached hydrogens (tertiary/aromatic N) is 8. The lowest BCUT2D eigenvalue weighted by Gasteiger charge is -2.11. The summed E-state index contributed by atoms with van der Waals surface area (Å²) < 4.78 is 16.1. The number of fused-ring (bicyclic) bond motifs is 1. The van der Waals surface area contributed by atoms with Crippen molar-refractivity contribution in [3.05, 3.63) is 53.7 Å². The zero-order valence-electron chi connectivity index (χ0n) is 22.2. The third-order valence-electron chi connectivity index (χ3n) is 6.28. The first-order valence-corrected chi connectivity index (χ1v) is 12.1. The zero-order valence-corrected chi connectivity index (χ0v) is 22.2. The van der Waals surface area contributed by atoms with Crippen molar-refractivity contribution >= 4 is 16.9 Å². The Labute approximate surface area is 219 Å². The molecule has 0 unspecified atom stereocenters. The highest BCUT2D eigenvalue weighted by Crippen LogP contribution is 2.29. The maximum Gasteiger partial charge on any atom is 0.289 e. The molecule has 5 rings (SSSR count). The lowest BCUT2D eigenvalue weighted by Crippen LogP contribution is -2.25. The average molecular weight is 516 g/mol. The van der Waals surface area contributed by atoms with Gasteiger partial charge in [-0.2, -0.15) is 10.2 Å². The van der Waals surface area contributed by atoms with Crippen LogP contribution in [0.5, 0.6) is 11.5 Å². The molecular weight excluding hydrogens is 486 g/mol. The summed E-state index contributed by atoms with van der Waals surface area (Å²) in [6.45, 7) is 4.94. The summed E-state index contributed by atoms with van der Waals surface area (Å²) in [5.41, 5.74) is 4.43. The van der Waals surface area contributed by atoms with Crippen LogP contribution in [0.15, 0.2) is 36.7 Å². The molecular formula is C26H29N9O3. The van der Waals surface area contributed by atoms with Gasteiger partial charge in [0.05, 0.1) is 37.2 Å². The molecule has 0 saturated heterocycles. The summed E-state index contributed by atoms with van der Waals surface area (Å²) in [6.07, 6.45) is 3.61. The van der Waals surface area contributed by atoms with Crippen molar-refractivity contribution in [2.24, 2.45) is 14.1 Å². The van der Waals surface area contributed by atoms with Crippen LogP contribution in [-0.4, -0.2) is 59.2 Å². The molecule has 38 heavy (non-hydrogen) atoms. The lowest BCUT2D eigenvalue weighted by molar-refractivity contribution is 0.0940. The molecule has 4 aromatic heterocycles. The highest BCUT2D eigenvalue weighted by atomic mass is 16.5. The van der Waals surface area contributed by atoms with Gasteiger partial charge >= 0.3 is 0 Å². The summed E-state index contributed by atoms with van der Waals surface area (Å²) in [4.78, 5) is 27.3. The van der Waals surface area contributed by atoms with Crippen LogP contribution in [-0.2, 0) is 27.2 Å². The number of imidazole rings is 1. The number of hydrogen-bond acceptors (Lipinski definition) is 8. The fourth-order valence-corrected chi connectivity index (χ4v) is 4.35. The molecule has 1 N–H and O–H groups in total. The zero-order chi connectivity index (χ0) is 27.0. The van der Waals surface area contributed by atoms with E-state index in [2.05, 4.69) is 25.5 Å². The molecule has 0 spiro atoms. The third kappa shape index (κ3) is 4.44. The predicted molar refractivity (Wildman–Crippen MR) is 141 cm³/mol. The second-order valence-corrected chi connectivity index (χ2v) is 8.81. The molecule has 0 aliphatic carbocycles. The largest absolute Gasteiger partial charge is 0.497 e. The van der Waals surface area contributed by atoms with Gasteiger partial charge < -0.3 is 19.4 Å². The number of methoxy groups -OCH3 is 2. The third-order valence-corrected chi connectivity index (χ3v) is 6.28. The molecule has 1 amide bonds. The molecule has 1 aromatic carbocycles. The Balaban J connectivity index is 1.51. The van der Waals surface area contributed by atoms with Crippen LogP contribution < -0.4 is 14.8 Å². The van der Waals surface area contributed by atoms with Crippen molar-refractivity contribution in [3.8, 4) is 34.4 Å². The molecule has 12 heteroatoms. The molecule has 0 saturated carbocycles. The highest BCUT2D eigenvalue weighted by Gasteiger charge is 2.22. The topological polar surface area (TPSA) is 127 Å². The molecule has 0 aliphatic heterocycles. The summed E-state index contributed by atoms with van der Waals surface area (Å²) >= 11 is 0. The summed E-state index contributed by atoms with van der Waals surface area (Å²) in [7, 11) is 6.83. The van der Waals surface area contributed by atoms with Gasteiger partial charge in [-0.3, -0.25) is 14.2 Å². The van der Waals surface area contributed by atoms with Crippen LogP contribution in [0.2, 0.25) is 0 Å². The van der Waals surface area contributed by atoms with Crippen molar-refractivity contribution in [2.45, 2.75) is 26.9 Å². The van der Waals surface area contributed by atoms with E-state index < -0.39 is 5.91 Å². The van der Waals surface area contributed by atoms with Gasteiger partial charge in [0.25, 0.3) is 5.91 Å². The Morgan fingerprint density at radius 1 is 1.08 bits per heavy atom. The number of ether oxygens (including phenoxy) is 2. The van der Waals surface area contributed by atoms with Crippen LogP contribution in [0.25, 0.3) is 33.9 Å². The first-order chi connectivity index (χ1) is 18.3. The van der Waals surface area contributed by atoms with E-state index in [0.29, 0.717) is 34.1 Å². The molecule has 0 aliphatic rings. The van der Waals surface area contributed by atoms with E-state index in [1.807, 2.05) is 54.5 Å². The van der Waals surface area contributed by atoms with Crippen LogP contribution in [0.1, 0.15) is 28.8 Å². The lowest BCUT2D eigenvalue weighted by atomic mass is 10.2. The van der Waals surface area contributed by atoms with Crippen LogP contribution in [0.3, 0.4) is 0 Å². The number of carbonyl (C=O) groups excluding carboxylic acids is 1. The number of nitrogens with one attached hydrogen (secondary N) is 1. The Hall–Kier alpha value is -4.74. The van der Waals surface area contributed by atoms with E-state index in [9.17, 15) is 4.79 Å². The van der Waals surface area contributed by atoms with Crippen molar-refractivity contribution in [3.63, 3.8) is 0 Å². The molecule has 4 heterocycles. The monoisotopic (exact) mass is 515 g/mol. The van der Waals surface area contributed by atoms with Gasteiger partial charge in [-0.25, -0.2) is 15.0 Å². The number of amides is 1. The Morgan fingerprint density at radius 2 is 1.89 bits per heavy atom. The van der Waals surface area contributed by atoms with Crippen molar-refractivity contribution in [2.75, 3.05) is 14.2 Å². The van der Waals surface area contributed by atoms with Crippen molar-refractivity contribution < 1.29 is 14.3 Å². The maximum absolute atomic E-state index is 13.2. The van der Waals surface area contributed by atoms with Gasteiger partial charge in [-0.05, 0) is 32.0 Å². The molecule has 196 valence electrons. The van der Waals surface area contributed by atoms with Gasteiger partial charge in [0.2, 0.25) is 5.82 Å². The number of hydrogen-bond donors (Lipinski definition) is 1. The van der Waals surface area contributed by atoms with E-state index in [4.69, 9.17) is 14.5 Å². The number of benzene rings is 1. The summed E-state index contributed by atoms with van der Waals surface area (Å²) in [5.74, 6) is 1.45.